The molecule has 162 valence electrons. The fourth-order valence-corrected chi connectivity index (χ4v) is 3.69. The van der Waals surface area contributed by atoms with Gasteiger partial charge in [-0.25, -0.2) is 0 Å². The normalized spacial score (nSPS) is 12.3. The molecule has 2 aromatic rings. The molecule has 0 aliphatic heterocycles. The summed E-state index contributed by atoms with van der Waals surface area (Å²) in [6.07, 6.45) is 1.27. The van der Waals surface area contributed by atoms with Crippen molar-refractivity contribution in [2.45, 2.75) is 65.1 Å². The number of nitrogens with zero attached hydrogens (tertiary/aromatic N) is 1. The van der Waals surface area contributed by atoms with Crippen LogP contribution < -0.4 is 5.32 Å². The number of amides is 2. The quantitative estimate of drug-likeness (QED) is 0.566. The van der Waals surface area contributed by atoms with E-state index in [0.29, 0.717) is 22.9 Å². The Labute approximate surface area is 189 Å². The molecular formula is C24H30Cl2N2O2. The van der Waals surface area contributed by atoms with Crippen molar-refractivity contribution in [2.75, 3.05) is 0 Å². The smallest absolute Gasteiger partial charge is 0.243 e. The molecular weight excluding hydrogens is 419 g/mol. The predicted molar refractivity (Wildman–Crippen MR) is 124 cm³/mol. The van der Waals surface area contributed by atoms with Crippen LogP contribution in [0.4, 0.5) is 0 Å². The molecule has 0 aliphatic carbocycles. The average Bonchev–Trinajstić information content (AvgIpc) is 2.67. The molecule has 2 amide bonds. The summed E-state index contributed by atoms with van der Waals surface area (Å²) in [5.74, 6) is -0.270. The number of carbonyl (C=O) groups is 2. The highest BCUT2D eigenvalue weighted by Gasteiger charge is 2.30. The second kappa shape index (κ2) is 10.8. The molecule has 0 aromatic heterocycles. The molecule has 1 unspecified atom stereocenters. The summed E-state index contributed by atoms with van der Waals surface area (Å²) in [5, 5.41) is 4.22. The number of nitrogens with one attached hydrogen (secondary N) is 1. The van der Waals surface area contributed by atoms with Crippen LogP contribution in [0.15, 0.2) is 48.5 Å². The molecule has 0 saturated heterocycles. The maximum Gasteiger partial charge on any atom is 0.243 e. The van der Waals surface area contributed by atoms with Gasteiger partial charge >= 0.3 is 0 Å². The number of carbonyl (C=O) groups excluding carboxylic acids is 2. The molecule has 30 heavy (non-hydrogen) atoms. The molecule has 0 spiro atoms. The Balaban J connectivity index is 2.27. The van der Waals surface area contributed by atoms with E-state index in [9.17, 15) is 9.59 Å². The first-order valence-electron chi connectivity index (χ1n) is 10.2. The van der Waals surface area contributed by atoms with E-state index < -0.39 is 6.04 Å². The van der Waals surface area contributed by atoms with Crippen molar-refractivity contribution in [1.82, 2.24) is 10.2 Å². The molecule has 0 aliphatic rings. The number of halogens is 2. The van der Waals surface area contributed by atoms with Crippen molar-refractivity contribution in [3.05, 3.63) is 69.7 Å². The zero-order valence-corrected chi connectivity index (χ0v) is 19.6. The van der Waals surface area contributed by atoms with E-state index in [2.05, 4.69) is 5.32 Å². The van der Waals surface area contributed by atoms with Gasteiger partial charge in [-0.3, -0.25) is 9.59 Å². The zero-order chi connectivity index (χ0) is 22.3. The van der Waals surface area contributed by atoms with Crippen LogP contribution in [-0.4, -0.2) is 28.3 Å². The van der Waals surface area contributed by atoms with Crippen LogP contribution in [0.1, 0.15) is 51.7 Å². The predicted octanol–water partition coefficient (Wildman–Crippen LogP) is 5.65. The fourth-order valence-electron chi connectivity index (χ4n) is 3.27. The van der Waals surface area contributed by atoms with Crippen molar-refractivity contribution in [3.63, 3.8) is 0 Å². The third kappa shape index (κ3) is 7.03. The Hall–Kier alpha value is -2.04. The Morgan fingerprint density at radius 1 is 0.967 bits per heavy atom. The molecule has 0 fully saturated rings. The molecule has 0 heterocycles. The van der Waals surface area contributed by atoms with Crippen LogP contribution >= 0.6 is 23.2 Å². The van der Waals surface area contributed by atoms with Gasteiger partial charge in [0.2, 0.25) is 11.8 Å². The van der Waals surface area contributed by atoms with Crippen LogP contribution in [0.5, 0.6) is 0 Å². The molecule has 1 atom stereocenters. The molecule has 0 bridgehead atoms. The Bertz CT molecular complexity index is 878. The van der Waals surface area contributed by atoms with Crippen LogP contribution in [0.2, 0.25) is 10.0 Å². The average molecular weight is 449 g/mol. The number of hydrogen-bond acceptors (Lipinski definition) is 2. The van der Waals surface area contributed by atoms with Crippen LogP contribution in [0.3, 0.4) is 0 Å². The number of hydrogen-bond donors (Lipinski definition) is 1. The summed E-state index contributed by atoms with van der Waals surface area (Å²) < 4.78 is 0. The lowest BCUT2D eigenvalue weighted by Crippen LogP contribution is -2.53. The summed E-state index contributed by atoms with van der Waals surface area (Å²) >= 11 is 12.6. The molecule has 2 rings (SSSR count). The minimum absolute atomic E-state index is 0.106. The topological polar surface area (TPSA) is 49.4 Å². The summed E-state index contributed by atoms with van der Waals surface area (Å²) in [6.45, 7) is 7.96. The summed E-state index contributed by atoms with van der Waals surface area (Å²) in [7, 11) is 0. The van der Waals surface area contributed by atoms with E-state index in [1.165, 1.54) is 0 Å². The van der Waals surface area contributed by atoms with E-state index in [-0.39, 0.29) is 30.3 Å². The van der Waals surface area contributed by atoms with Gasteiger partial charge in [-0.1, -0.05) is 66.5 Å². The van der Waals surface area contributed by atoms with E-state index in [4.69, 9.17) is 23.2 Å². The second-order valence-corrected chi connectivity index (χ2v) is 9.18. The van der Waals surface area contributed by atoms with Crippen molar-refractivity contribution in [3.8, 4) is 0 Å². The SMILES string of the molecule is CCC(C(=O)NC(C)(C)C)N(Cc1ccccc1Cl)C(=O)CCc1ccccc1Cl. The summed E-state index contributed by atoms with van der Waals surface area (Å²) in [5.41, 5.74) is 1.34. The van der Waals surface area contributed by atoms with Gasteiger partial charge in [-0.05, 0) is 56.9 Å². The van der Waals surface area contributed by atoms with E-state index in [1.54, 1.807) is 11.0 Å². The van der Waals surface area contributed by atoms with Gasteiger partial charge < -0.3 is 10.2 Å². The van der Waals surface area contributed by atoms with E-state index >= 15 is 0 Å². The maximum absolute atomic E-state index is 13.3. The van der Waals surface area contributed by atoms with Crippen LogP contribution in [-0.2, 0) is 22.6 Å². The number of benzene rings is 2. The Kier molecular flexibility index (Phi) is 8.75. The van der Waals surface area contributed by atoms with Gasteiger partial charge in [-0.15, -0.1) is 0 Å². The van der Waals surface area contributed by atoms with Gasteiger partial charge in [0.05, 0.1) is 0 Å². The lowest BCUT2D eigenvalue weighted by molar-refractivity contribution is -0.142. The van der Waals surface area contributed by atoms with Gasteiger partial charge in [0.1, 0.15) is 6.04 Å². The summed E-state index contributed by atoms with van der Waals surface area (Å²) in [6, 6.07) is 14.3. The highest BCUT2D eigenvalue weighted by molar-refractivity contribution is 6.31. The number of rotatable bonds is 8. The maximum atomic E-state index is 13.3. The van der Waals surface area contributed by atoms with Crippen molar-refractivity contribution < 1.29 is 9.59 Å². The minimum atomic E-state index is -0.584. The van der Waals surface area contributed by atoms with Gasteiger partial charge in [0.25, 0.3) is 0 Å². The van der Waals surface area contributed by atoms with Crippen molar-refractivity contribution in [2.24, 2.45) is 0 Å². The van der Waals surface area contributed by atoms with E-state index in [0.717, 1.165) is 11.1 Å². The molecule has 1 N–H and O–H groups in total. The van der Waals surface area contributed by atoms with Gasteiger partial charge in [-0.2, -0.15) is 0 Å². The molecule has 6 heteroatoms. The van der Waals surface area contributed by atoms with Gasteiger partial charge in [0, 0.05) is 28.5 Å². The third-order valence-corrected chi connectivity index (χ3v) is 5.49. The fraction of sp³-hybridized carbons (Fsp3) is 0.417. The first kappa shape index (κ1) is 24.2. The molecule has 2 aromatic carbocycles. The standard InChI is InChI=1S/C24H30Cl2N2O2/c1-5-21(23(30)27-24(2,3)4)28(16-18-11-7-9-13-20(18)26)22(29)15-14-17-10-6-8-12-19(17)25/h6-13,21H,5,14-16H2,1-4H3,(H,27,30). The highest BCUT2D eigenvalue weighted by Crippen LogP contribution is 2.22. The lowest BCUT2D eigenvalue weighted by Gasteiger charge is -2.33. The first-order chi connectivity index (χ1) is 14.1. The van der Waals surface area contributed by atoms with Crippen molar-refractivity contribution in [1.29, 1.82) is 0 Å². The number of aryl methyl sites for hydroxylation is 1. The van der Waals surface area contributed by atoms with Gasteiger partial charge in [0.15, 0.2) is 0 Å². The third-order valence-electron chi connectivity index (χ3n) is 4.75. The summed E-state index contributed by atoms with van der Waals surface area (Å²) in [4.78, 5) is 27.9. The largest absolute Gasteiger partial charge is 0.350 e. The van der Waals surface area contributed by atoms with Crippen molar-refractivity contribution >= 4 is 35.0 Å². The highest BCUT2D eigenvalue weighted by atomic mass is 35.5. The molecule has 4 nitrogen and oxygen atoms in total. The van der Waals surface area contributed by atoms with E-state index in [1.807, 2.05) is 70.2 Å². The molecule has 0 radical (unpaired) electrons. The first-order valence-corrected chi connectivity index (χ1v) is 11.0. The van der Waals surface area contributed by atoms with Crippen LogP contribution in [0.25, 0.3) is 0 Å². The minimum Gasteiger partial charge on any atom is -0.350 e. The zero-order valence-electron chi connectivity index (χ0n) is 18.0. The van der Waals surface area contributed by atoms with Crippen LogP contribution in [0, 0.1) is 0 Å². The monoisotopic (exact) mass is 448 g/mol. The Morgan fingerprint density at radius 3 is 2.00 bits per heavy atom. The lowest BCUT2D eigenvalue weighted by atomic mass is 10.0. The Morgan fingerprint density at radius 2 is 1.50 bits per heavy atom. The second-order valence-electron chi connectivity index (χ2n) is 8.37. The molecule has 0 saturated carbocycles.